The molecular weight excluding hydrogens is 196 g/mol. The molecule has 2 aromatic rings. The normalized spacial score (nSPS) is 10.5. The summed E-state index contributed by atoms with van der Waals surface area (Å²) in [4.78, 5) is 15.2. The fourth-order valence-corrected chi connectivity index (χ4v) is 1.32. The molecule has 0 spiro atoms. The van der Waals surface area contributed by atoms with Crippen LogP contribution in [0.3, 0.4) is 0 Å². The minimum absolute atomic E-state index is 0.309. The predicted octanol–water partition coefficient (Wildman–Crippen LogP) is 1.07. The monoisotopic (exact) mass is 206 g/mol. The topological polar surface area (TPSA) is 78.3 Å². The molecule has 0 bridgehead atoms. The van der Waals surface area contributed by atoms with Gasteiger partial charge < -0.3 is 14.9 Å². The summed E-state index contributed by atoms with van der Waals surface area (Å²) < 4.78 is 9.88. The van der Waals surface area contributed by atoms with Gasteiger partial charge in [-0.15, -0.1) is 0 Å². The summed E-state index contributed by atoms with van der Waals surface area (Å²) in [5.74, 6) is 0.222. The highest BCUT2D eigenvalue weighted by Gasteiger charge is 2.09. The van der Waals surface area contributed by atoms with Crippen molar-refractivity contribution in [2.45, 2.75) is 6.54 Å². The summed E-state index contributed by atoms with van der Waals surface area (Å²) in [6.07, 6.45) is 1.41. The van der Waals surface area contributed by atoms with Crippen molar-refractivity contribution in [1.82, 2.24) is 4.98 Å². The molecule has 0 amide bonds. The molecular formula is C10H10N2O3. The van der Waals surface area contributed by atoms with Crippen LogP contribution in [0.2, 0.25) is 0 Å². The number of hydrogen-bond donors (Lipinski definition) is 1. The van der Waals surface area contributed by atoms with Crippen molar-refractivity contribution in [3.8, 4) is 0 Å². The summed E-state index contributed by atoms with van der Waals surface area (Å²) in [5.41, 5.74) is 6.30. The number of aromatic nitrogens is 1. The zero-order chi connectivity index (χ0) is 10.8. The van der Waals surface area contributed by atoms with Crippen LogP contribution in [0.15, 0.2) is 22.7 Å². The Hall–Kier alpha value is -1.88. The summed E-state index contributed by atoms with van der Waals surface area (Å²) >= 11 is 0. The maximum atomic E-state index is 11.2. The first kappa shape index (κ1) is 9.67. The number of furan rings is 1. The highest BCUT2D eigenvalue weighted by Crippen LogP contribution is 2.18. The van der Waals surface area contributed by atoms with Gasteiger partial charge in [0, 0.05) is 11.6 Å². The third-order valence-electron chi connectivity index (χ3n) is 2.05. The summed E-state index contributed by atoms with van der Waals surface area (Å²) in [5, 5.41) is 0.748. The lowest BCUT2D eigenvalue weighted by Crippen LogP contribution is -2.00. The predicted molar refractivity (Wildman–Crippen MR) is 53.2 cm³/mol. The van der Waals surface area contributed by atoms with Crippen LogP contribution < -0.4 is 5.73 Å². The SMILES string of the molecule is COC(=O)c1cnc2oc(CN)cc2c1. The van der Waals surface area contributed by atoms with E-state index in [1.165, 1.54) is 13.3 Å². The molecule has 0 atom stereocenters. The number of carbonyl (C=O) groups excluding carboxylic acids is 1. The average Bonchev–Trinajstić information content (AvgIpc) is 2.69. The number of methoxy groups -OCH3 is 1. The molecule has 5 heteroatoms. The molecule has 78 valence electrons. The Labute approximate surface area is 85.8 Å². The molecule has 0 fully saturated rings. The Kier molecular flexibility index (Phi) is 2.39. The van der Waals surface area contributed by atoms with E-state index in [0.717, 1.165) is 5.39 Å². The molecule has 5 nitrogen and oxygen atoms in total. The molecule has 2 N–H and O–H groups in total. The number of nitrogens with two attached hydrogens (primary N) is 1. The lowest BCUT2D eigenvalue weighted by atomic mass is 10.2. The smallest absolute Gasteiger partial charge is 0.339 e. The zero-order valence-corrected chi connectivity index (χ0v) is 8.19. The van der Waals surface area contributed by atoms with Crippen molar-refractivity contribution in [3.63, 3.8) is 0 Å². The second-order valence-electron chi connectivity index (χ2n) is 3.03. The van der Waals surface area contributed by atoms with Gasteiger partial charge in [0.15, 0.2) is 0 Å². The van der Waals surface area contributed by atoms with Crippen LogP contribution >= 0.6 is 0 Å². The van der Waals surface area contributed by atoms with E-state index < -0.39 is 5.97 Å². The zero-order valence-electron chi connectivity index (χ0n) is 8.19. The van der Waals surface area contributed by atoms with Crippen LogP contribution in [-0.4, -0.2) is 18.1 Å². The van der Waals surface area contributed by atoms with Crippen molar-refractivity contribution in [2.24, 2.45) is 5.73 Å². The largest absolute Gasteiger partial charge is 0.465 e. The Bertz CT molecular complexity index is 504. The minimum Gasteiger partial charge on any atom is -0.465 e. The Morgan fingerprint density at radius 1 is 1.60 bits per heavy atom. The number of hydrogen-bond acceptors (Lipinski definition) is 5. The van der Waals surface area contributed by atoms with Crippen molar-refractivity contribution >= 4 is 17.1 Å². The van der Waals surface area contributed by atoms with Crippen LogP contribution in [0.1, 0.15) is 16.1 Å². The molecule has 0 aliphatic heterocycles. The van der Waals surface area contributed by atoms with Gasteiger partial charge in [-0.25, -0.2) is 9.78 Å². The highest BCUT2D eigenvalue weighted by atomic mass is 16.5. The van der Waals surface area contributed by atoms with E-state index in [-0.39, 0.29) is 0 Å². The van der Waals surface area contributed by atoms with E-state index in [0.29, 0.717) is 23.6 Å². The quantitative estimate of drug-likeness (QED) is 0.743. The number of fused-ring (bicyclic) bond motifs is 1. The molecule has 0 saturated carbocycles. The summed E-state index contributed by atoms with van der Waals surface area (Å²) in [6.45, 7) is 0.309. The van der Waals surface area contributed by atoms with Gasteiger partial charge in [0.1, 0.15) is 5.76 Å². The molecule has 0 unspecified atom stereocenters. The molecule has 0 aromatic carbocycles. The molecule has 0 aliphatic carbocycles. The van der Waals surface area contributed by atoms with Crippen molar-refractivity contribution in [1.29, 1.82) is 0 Å². The van der Waals surface area contributed by atoms with Crippen LogP contribution in [0.5, 0.6) is 0 Å². The Morgan fingerprint density at radius 2 is 2.40 bits per heavy atom. The van der Waals surface area contributed by atoms with E-state index in [4.69, 9.17) is 10.2 Å². The van der Waals surface area contributed by atoms with Gasteiger partial charge >= 0.3 is 5.97 Å². The number of esters is 1. The fourth-order valence-electron chi connectivity index (χ4n) is 1.32. The van der Waals surface area contributed by atoms with E-state index >= 15 is 0 Å². The Morgan fingerprint density at radius 3 is 3.07 bits per heavy atom. The first-order valence-corrected chi connectivity index (χ1v) is 4.41. The van der Waals surface area contributed by atoms with Gasteiger partial charge in [-0.2, -0.15) is 0 Å². The maximum Gasteiger partial charge on any atom is 0.339 e. The van der Waals surface area contributed by atoms with Gasteiger partial charge in [-0.3, -0.25) is 0 Å². The molecule has 15 heavy (non-hydrogen) atoms. The lowest BCUT2D eigenvalue weighted by molar-refractivity contribution is 0.0600. The molecule has 2 heterocycles. The summed E-state index contributed by atoms with van der Waals surface area (Å²) in [6, 6.07) is 3.42. The van der Waals surface area contributed by atoms with Crippen LogP contribution in [0.4, 0.5) is 0 Å². The third-order valence-corrected chi connectivity index (χ3v) is 2.05. The van der Waals surface area contributed by atoms with Crippen LogP contribution in [-0.2, 0) is 11.3 Å². The average molecular weight is 206 g/mol. The second-order valence-corrected chi connectivity index (χ2v) is 3.03. The van der Waals surface area contributed by atoms with E-state index in [2.05, 4.69) is 9.72 Å². The fraction of sp³-hybridized carbons (Fsp3) is 0.200. The highest BCUT2D eigenvalue weighted by molar-refractivity contribution is 5.92. The van der Waals surface area contributed by atoms with Crippen LogP contribution in [0.25, 0.3) is 11.1 Å². The molecule has 0 radical (unpaired) electrons. The van der Waals surface area contributed by atoms with Gasteiger partial charge in [0.25, 0.3) is 0 Å². The molecule has 2 rings (SSSR count). The van der Waals surface area contributed by atoms with Gasteiger partial charge in [0.05, 0.1) is 19.2 Å². The maximum absolute atomic E-state index is 11.2. The van der Waals surface area contributed by atoms with Gasteiger partial charge in [-0.1, -0.05) is 0 Å². The molecule has 0 aliphatic rings. The van der Waals surface area contributed by atoms with Crippen LogP contribution in [0, 0.1) is 0 Å². The van der Waals surface area contributed by atoms with E-state index in [1.54, 1.807) is 12.1 Å². The Balaban J connectivity index is 2.50. The number of rotatable bonds is 2. The first-order valence-electron chi connectivity index (χ1n) is 4.41. The molecule has 0 saturated heterocycles. The standard InChI is InChI=1S/C10H10N2O3/c1-14-10(13)7-2-6-3-8(4-11)15-9(6)12-5-7/h2-3,5H,4,11H2,1H3. The first-order chi connectivity index (χ1) is 7.24. The number of pyridine rings is 1. The number of carbonyl (C=O) groups is 1. The minimum atomic E-state index is -0.417. The number of nitrogens with zero attached hydrogens (tertiary/aromatic N) is 1. The third kappa shape index (κ3) is 1.69. The second kappa shape index (κ2) is 3.70. The van der Waals surface area contributed by atoms with Crippen molar-refractivity contribution in [3.05, 3.63) is 29.7 Å². The van der Waals surface area contributed by atoms with Gasteiger partial charge in [0.2, 0.25) is 5.71 Å². The van der Waals surface area contributed by atoms with E-state index in [9.17, 15) is 4.79 Å². The molecule has 2 aromatic heterocycles. The van der Waals surface area contributed by atoms with Crippen molar-refractivity contribution in [2.75, 3.05) is 7.11 Å². The number of ether oxygens (including phenoxy) is 1. The van der Waals surface area contributed by atoms with E-state index in [1.807, 2.05) is 0 Å². The van der Waals surface area contributed by atoms with Crippen molar-refractivity contribution < 1.29 is 13.9 Å². The van der Waals surface area contributed by atoms with Gasteiger partial charge in [-0.05, 0) is 12.1 Å². The lowest BCUT2D eigenvalue weighted by Gasteiger charge is -1.96. The summed E-state index contributed by atoms with van der Waals surface area (Å²) in [7, 11) is 1.33.